The van der Waals surface area contributed by atoms with Crippen LogP contribution in [-0.2, 0) is 19.1 Å². The van der Waals surface area contributed by atoms with Crippen molar-refractivity contribution in [2.45, 2.75) is 34.8 Å². The Morgan fingerprint density at radius 1 is 0.850 bits per heavy atom. The van der Waals surface area contributed by atoms with Gasteiger partial charge in [-0.2, -0.15) is 50.5 Å². The van der Waals surface area contributed by atoms with E-state index >= 15 is 0 Å². The van der Waals surface area contributed by atoms with Crippen LogP contribution in [0.3, 0.4) is 0 Å². The van der Waals surface area contributed by atoms with Gasteiger partial charge in [0.1, 0.15) is 13.2 Å². The van der Waals surface area contributed by atoms with Crippen LogP contribution in [0.2, 0.25) is 0 Å². The van der Waals surface area contributed by atoms with Crippen molar-refractivity contribution in [1.29, 1.82) is 0 Å². The van der Waals surface area contributed by atoms with Crippen molar-refractivity contribution in [3.63, 3.8) is 0 Å². The Balaban J connectivity index is 3.97. The fourth-order valence-electron chi connectivity index (χ4n) is 0.846. The highest BCUT2D eigenvalue weighted by molar-refractivity contribution is 7.85. The lowest BCUT2D eigenvalue weighted by Crippen LogP contribution is -2.21. The molecule has 0 spiro atoms. The summed E-state index contributed by atoms with van der Waals surface area (Å²) in [7, 11) is 0. The molecular weight excluding hydrogens is 336 g/mol. The van der Waals surface area contributed by atoms with Gasteiger partial charge in [0.25, 0.3) is 0 Å². The molecule has 20 heavy (non-hydrogen) atoms. The molecule has 4 unspecified atom stereocenters. The van der Waals surface area contributed by atoms with Gasteiger partial charge in [0.2, 0.25) is 0 Å². The predicted molar refractivity (Wildman–Crippen MR) is 93.5 cm³/mol. The van der Waals surface area contributed by atoms with Crippen LogP contribution in [0, 0.1) is 0 Å². The van der Waals surface area contributed by atoms with Gasteiger partial charge in [0.15, 0.2) is 0 Å². The molecule has 0 saturated carbocycles. The Morgan fingerprint density at radius 3 is 1.40 bits per heavy atom. The number of carbonyl (C=O) groups excluding carboxylic acids is 2. The Morgan fingerprint density at radius 2 is 1.15 bits per heavy atom. The van der Waals surface area contributed by atoms with Crippen molar-refractivity contribution < 1.29 is 19.1 Å². The highest BCUT2D eigenvalue weighted by Crippen LogP contribution is 2.09. The highest BCUT2D eigenvalue weighted by Gasteiger charge is 2.12. The number of hydrogen-bond donors (Lipinski definition) is 4. The van der Waals surface area contributed by atoms with Gasteiger partial charge in [0.05, 0.1) is 0 Å². The minimum Gasteiger partial charge on any atom is -0.461 e. The van der Waals surface area contributed by atoms with E-state index < -0.39 is 11.9 Å². The number of carbonyl (C=O) groups is 2. The highest BCUT2D eigenvalue weighted by atomic mass is 32.1. The molecule has 0 aromatic rings. The predicted octanol–water partition coefficient (Wildman–Crippen LogP) is 1.86. The average molecular weight is 357 g/mol. The molecule has 0 aliphatic rings. The van der Waals surface area contributed by atoms with Crippen molar-refractivity contribution in [1.82, 2.24) is 0 Å². The summed E-state index contributed by atoms with van der Waals surface area (Å²) in [6.07, 6.45) is 2.04. The fourth-order valence-corrected chi connectivity index (χ4v) is 1.17. The second-order valence-electron chi connectivity index (χ2n) is 4.21. The van der Waals surface area contributed by atoms with E-state index in [1.165, 1.54) is 0 Å². The maximum absolute atomic E-state index is 11.3. The first kappa shape index (κ1) is 20.1. The molecule has 0 aromatic carbocycles. The molecule has 0 saturated heterocycles. The molecule has 0 aliphatic carbocycles. The third-order valence-electron chi connectivity index (χ3n) is 2.26. The number of thiol groups is 4. The summed E-state index contributed by atoms with van der Waals surface area (Å²) in [6.45, 7) is 3.94. The second kappa shape index (κ2) is 10.8. The molecule has 0 N–H and O–H groups in total. The Labute approximate surface area is 141 Å². The van der Waals surface area contributed by atoms with E-state index in [2.05, 4.69) is 50.5 Å². The molecule has 0 rings (SSSR count). The summed E-state index contributed by atoms with van der Waals surface area (Å²) in [4.78, 5) is 22.6. The monoisotopic (exact) mass is 356 g/mol. The molecule has 4 nitrogen and oxygen atoms in total. The summed E-state index contributed by atoms with van der Waals surface area (Å²) in [5.74, 6) is -1.25. The standard InChI is InChI=1S/C12H20O4S4/c1-7(17)9(19)5-15-11(13)3-4-12(14)16-6-10(20)8(2)18/h3-4,7-10,17-20H,5-6H2,1-2H3/b4-3-. The zero-order valence-corrected chi connectivity index (χ0v) is 14.9. The van der Waals surface area contributed by atoms with Crippen molar-refractivity contribution in [3.05, 3.63) is 12.2 Å². The van der Waals surface area contributed by atoms with E-state index in [1.807, 2.05) is 13.8 Å². The van der Waals surface area contributed by atoms with Gasteiger partial charge in [-0.25, -0.2) is 9.59 Å². The number of ether oxygens (including phenoxy) is 2. The van der Waals surface area contributed by atoms with E-state index in [1.54, 1.807) is 0 Å². The van der Waals surface area contributed by atoms with Gasteiger partial charge in [-0.05, 0) is 0 Å². The molecule has 0 fully saturated rings. The Bertz CT molecular complexity index is 312. The topological polar surface area (TPSA) is 52.6 Å². The molecule has 0 bridgehead atoms. The van der Waals surface area contributed by atoms with Crippen molar-refractivity contribution in [2.24, 2.45) is 0 Å². The van der Waals surface area contributed by atoms with Crippen LogP contribution in [0.5, 0.6) is 0 Å². The summed E-state index contributed by atoms with van der Waals surface area (Å²) < 4.78 is 9.79. The second-order valence-corrected chi connectivity index (χ2v) is 7.16. The summed E-state index contributed by atoms with van der Waals surface area (Å²) in [5.41, 5.74) is 0. The third-order valence-corrected chi connectivity index (χ3v) is 4.64. The quantitative estimate of drug-likeness (QED) is 0.305. The zero-order valence-electron chi connectivity index (χ0n) is 11.3. The van der Waals surface area contributed by atoms with E-state index in [4.69, 9.17) is 9.47 Å². The summed E-state index contributed by atoms with van der Waals surface area (Å²) in [6, 6.07) is 0. The first-order valence-electron chi connectivity index (χ1n) is 5.98. The fraction of sp³-hybridized carbons (Fsp3) is 0.667. The molecule has 0 aromatic heterocycles. The van der Waals surface area contributed by atoms with Crippen molar-refractivity contribution in [3.8, 4) is 0 Å². The van der Waals surface area contributed by atoms with E-state index in [0.29, 0.717) is 0 Å². The molecule has 0 aliphatic heterocycles. The normalized spacial score (nSPS) is 17.3. The molecule has 8 heteroatoms. The van der Waals surface area contributed by atoms with Gasteiger partial charge >= 0.3 is 11.9 Å². The number of esters is 2. The zero-order chi connectivity index (χ0) is 15.7. The van der Waals surface area contributed by atoms with E-state index in [-0.39, 0.29) is 34.2 Å². The number of rotatable bonds is 8. The van der Waals surface area contributed by atoms with Crippen LogP contribution >= 0.6 is 50.5 Å². The minimum atomic E-state index is -0.625. The molecule has 4 atom stereocenters. The molecule has 0 amide bonds. The van der Waals surface area contributed by atoms with Crippen LogP contribution in [-0.4, -0.2) is 46.2 Å². The average Bonchev–Trinajstić information content (AvgIpc) is 2.39. The lowest BCUT2D eigenvalue weighted by Gasteiger charge is -2.13. The Hall–Kier alpha value is 0.0800. The van der Waals surface area contributed by atoms with Crippen LogP contribution in [0.1, 0.15) is 13.8 Å². The molecule has 0 heterocycles. The third kappa shape index (κ3) is 9.90. The van der Waals surface area contributed by atoms with Crippen LogP contribution in [0.25, 0.3) is 0 Å². The van der Waals surface area contributed by atoms with Crippen LogP contribution in [0.4, 0.5) is 0 Å². The first-order chi connectivity index (χ1) is 9.23. The largest absolute Gasteiger partial charge is 0.461 e. The van der Waals surface area contributed by atoms with Crippen molar-refractivity contribution >= 4 is 62.5 Å². The van der Waals surface area contributed by atoms with Gasteiger partial charge in [-0.3, -0.25) is 0 Å². The van der Waals surface area contributed by atoms with Crippen LogP contribution < -0.4 is 0 Å². The van der Waals surface area contributed by atoms with Gasteiger partial charge in [-0.1, -0.05) is 13.8 Å². The first-order valence-corrected chi connectivity index (χ1v) is 8.04. The Kier molecular flexibility index (Phi) is 10.8. The van der Waals surface area contributed by atoms with Gasteiger partial charge < -0.3 is 9.47 Å². The SMILES string of the molecule is CC(S)C(S)COC(=O)/C=C\C(=O)OCC(S)C(C)S. The number of hydrogen-bond acceptors (Lipinski definition) is 8. The smallest absolute Gasteiger partial charge is 0.331 e. The van der Waals surface area contributed by atoms with Crippen LogP contribution in [0.15, 0.2) is 12.2 Å². The minimum absolute atomic E-state index is 0.00405. The lowest BCUT2D eigenvalue weighted by atomic mass is 10.3. The van der Waals surface area contributed by atoms with Gasteiger partial charge in [0, 0.05) is 33.2 Å². The maximum atomic E-state index is 11.3. The lowest BCUT2D eigenvalue weighted by molar-refractivity contribution is -0.140. The van der Waals surface area contributed by atoms with Crippen molar-refractivity contribution in [2.75, 3.05) is 13.2 Å². The van der Waals surface area contributed by atoms with Gasteiger partial charge in [-0.15, -0.1) is 0 Å². The summed E-state index contributed by atoms with van der Waals surface area (Å²) >= 11 is 16.7. The van der Waals surface area contributed by atoms with E-state index in [9.17, 15) is 9.59 Å². The summed E-state index contributed by atoms with van der Waals surface area (Å²) in [5, 5.41) is -0.333. The van der Waals surface area contributed by atoms with E-state index in [0.717, 1.165) is 12.2 Å². The molecular formula is C12H20O4S4. The molecule has 116 valence electrons. The molecule has 0 radical (unpaired) electrons. The maximum Gasteiger partial charge on any atom is 0.331 e.